The number of benzene rings is 1. The Morgan fingerprint density at radius 2 is 1.88 bits per heavy atom. The number of nitrogens with one attached hydrogen (secondary N) is 1. The van der Waals surface area contributed by atoms with Crippen LogP contribution < -0.4 is 10.2 Å². The highest BCUT2D eigenvalue weighted by Crippen LogP contribution is 2.40. The van der Waals surface area contributed by atoms with Crippen molar-refractivity contribution in [3.63, 3.8) is 0 Å². The molecular formula is C30H42Cl2F2N6O2. The van der Waals surface area contributed by atoms with Crippen molar-refractivity contribution >= 4 is 42.3 Å². The average Bonchev–Trinajstić information content (AvgIpc) is 3.16. The van der Waals surface area contributed by atoms with Crippen molar-refractivity contribution in [2.75, 3.05) is 57.8 Å². The normalized spacial score (nSPS) is 24.2. The first-order chi connectivity index (χ1) is 18.9. The second-order valence-electron chi connectivity index (χ2n) is 12.4. The van der Waals surface area contributed by atoms with Crippen LogP contribution in [0.25, 0.3) is 0 Å². The Morgan fingerprint density at radius 3 is 2.60 bits per heavy atom. The summed E-state index contributed by atoms with van der Waals surface area (Å²) in [4.78, 5) is 39.2. The Hall–Kier alpha value is -2.37. The van der Waals surface area contributed by atoms with Crippen molar-refractivity contribution in [2.45, 2.75) is 57.7 Å². The van der Waals surface area contributed by atoms with Crippen LogP contribution in [0.2, 0.25) is 0 Å². The number of carbonyl (C=O) groups is 2. The molecule has 1 N–H and O–H groups in total. The standard InChI is InChI=1S/C30H40F2N6O2.2ClH/c1-19-13-36(24(11-33-19)15-37-14-20(2)35(5)16-28(37)39)17-29(40)38-18-30(3,4)25-12-34-23(10-27(25)38)8-21-6-7-22(31)9-26(21)32;;/h6-7,9-10,12,19-20,24,33H,8,11,13-18H2,1-5H3;2*1H/t19-,20-,24-;;/m1../s1. The first-order valence-electron chi connectivity index (χ1n) is 14.1. The van der Waals surface area contributed by atoms with Crippen molar-refractivity contribution in [1.82, 2.24) is 25.0 Å². The molecule has 3 aliphatic rings. The first kappa shape index (κ1) is 34.1. The lowest BCUT2D eigenvalue weighted by molar-refractivity contribution is -0.138. The van der Waals surface area contributed by atoms with Gasteiger partial charge in [-0.05, 0) is 38.6 Å². The van der Waals surface area contributed by atoms with E-state index < -0.39 is 11.6 Å². The quantitative estimate of drug-likeness (QED) is 0.531. The van der Waals surface area contributed by atoms with Gasteiger partial charge in [0, 0.05) is 86.2 Å². The van der Waals surface area contributed by atoms with Crippen LogP contribution in [0.5, 0.6) is 0 Å². The number of rotatable bonds is 6. The maximum Gasteiger partial charge on any atom is 0.241 e. The van der Waals surface area contributed by atoms with Gasteiger partial charge in [-0.3, -0.25) is 24.4 Å². The zero-order valence-corrected chi connectivity index (χ0v) is 26.5. The third-order valence-electron chi connectivity index (χ3n) is 8.67. The number of aromatic nitrogens is 1. The molecular weight excluding hydrogens is 585 g/mol. The topological polar surface area (TPSA) is 72.0 Å². The van der Waals surface area contributed by atoms with Crippen molar-refractivity contribution in [1.29, 1.82) is 0 Å². The van der Waals surface area contributed by atoms with E-state index in [1.54, 1.807) is 6.20 Å². The largest absolute Gasteiger partial charge is 0.338 e. The van der Waals surface area contributed by atoms with Gasteiger partial charge in [-0.2, -0.15) is 0 Å². The van der Waals surface area contributed by atoms with E-state index in [0.29, 0.717) is 50.5 Å². The van der Waals surface area contributed by atoms with Crippen LogP contribution in [0, 0.1) is 11.6 Å². The lowest BCUT2D eigenvalue weighted by atomic mass is 9.88. The third-order valence-corrected chi connectivity index (χ3v) is 8.67. The summed E-state index contributed by atoms with van der Waals surface area (Å²) >= 11 is 0. The summed E-state index contributed by atoms with van der Waals surface area (Å²) < 4.78 is 27.7. The van der Waals surface area contributed by atoms with Gasteiger partial charge in [0.05, 0.1) is 18.8 Å². The third kappa shape index (κ3) is 7.22. The molecule has 5 rings (SSSR count). The fourth-order valence-corrected chi connectivity index (χ4v) is 6.10. The van der Waals surface area contributed by atoms with Gasteiger partial charge in [0.25, 0.3) is 0 Å². The van der Waals surface area contributed by atoms with Gasteiger partial charge in [0.2, 0.25) is 11.8 Å². The van der Waals surface area contributed by atoms with Crippen molar-refractivity contribution in [3.8, 4) is 0 Å². The Kier molecular flexibility index (Phi) is 11.0. The molecule has 4 heterocycles. The number of fused-ring (bicyclic) bond motifs is 1. The second kappa shape index (κ2) is 13.5. The predicted octanol–water partition coefficient (Wildman–Crippen LogP) is 3.24. The van der Waals surface area contributed by atoms with Gasteiger partial charge in [0.15, 0.2) is 0 Å². The number of halogens is 4. The molecule has 0 spiro atoms. The maximum absolute atomic E-state index is 14.3. The monoisotopic (exact) mass is 626 g/mol. The Morgan fingerprint density at radius 1 is 1.14 bits per heavy atom. The van der Waals surface area contributed by atoms with Gasteiger partial charge in [-0.15, -0.1) is 24.8 Å². The molecule has 232 valence electrons. The molecule has 42 heavy (non-hydrogen) atoms. The zero-order chi connectivity index (χ0) is 28.8. The van der Waals surface area contributed by atoms with E-state index in [-0.39, 0.29) is 73.1 Å². The summed E-state index contributed by atoms with van der Waals surface area (Å²) in [6, 6.07) is 5.98. The van der Waals surface area contributed by atoms with Gasteiger partial charge in [-0.1, -0.05) is 19.9 Å². The van der Waals surface area contributed by atoms with Crippen LogP contribution in [-0.4, -0.2) is 102 Å². The molecule has 0 radical (unpaired) electrons. The SMILES string of the molecule is C[C@@H]1CN(CC(=O)N2CC(C)(C)c3cnc(Cc4ccc(F)cc4F)cc32)[C@@H](CN2C[C@@H](C)N(C)CC2=O)CN1.Cl.Cl. The number of nitrogens with zero attached hydrogens (tertiary/aromatic N) is 5. The fourth-order valence-electron chi connectivity index (χ4n) is 6.10. The molecule has 1 aromatic heterocycles. The van der Waals surface area contributed by atoms with Gasteiger partial charge < -0.3 is 15.1 Å². The van der Waals surface area contributed by atoms with Crippen LogP contribution in [0.15, 0.2) is 30.5 Å². The van der Waals surface area contributed by atoms with Gasteiger partial charge >= 0.3 is 0 Å². The van der Waals surface area contributed by atoms with E-state index in [9.17, 15) is 18.4 Å². The molecule has 2 fully saturated rings. The molecule has 3 aliphatic heterocycles. The van der Waals surface area contributed by atoms with E-state index in [1.165, 1.54) is 12.1 Å². The zero-order valence-electron chi connectivity index (χ0n) is 24.9. The predicted molar refractivity (Wildman–Crippen MR) is 165 cm³/mol. The summed E-state index contributed by atoms with van der Waals surface area (Å²) in [5.41, 5.74) is 2.47. The molecule has 0 bridgehead atoms. The number of hydrogen-bond donors (Lipinski definition) is 1. The number of carbonyl (C=O) groups excluding carboxylic acids is 2. The summed E-state index contributed by atoms with van der Waals surface area (Å²) in [5.74, 6) is -1.11. The van der Waals surface area contributed by atoms with Gasteiger partial charge in [-0.25, -0.2) is 8.78 Å². The summed E-state index contributed by atoms with van der Waals surface area (Å²) in [5, 5.41) is 3.52. The summed E-state index contributed by atoms with van der Waals surface area (Å²) in [6.45, 7) is 12.3. The second-order valence-corrected chi connectivity index (χ2v) is 12.4. The molecule has 0 unspecified atom stereocenters. The highest BCUT2D eigenvalue weighted by molar-refractivity contribution is 5.97. The Balaban J connectivity index is 0.00000242. The smallest absolute Gasteiger partial charge is 0.241 e. The minimum atomic E-state index is -0.617. The number of anilines is 1. The van der Waals surface area contributed by atoms with E-state index in [1.807, 2.05) is 22.9 Å². The van der Waals surface area contributed by atoms with Crippen molar-refractivity contribution < 1.29 is 18.4 Å². The van der Waals surface area contributed by atoms with Crippen molar-refractivity contribution in [3.05, 3.63) is 58.9 Å². The van der Waals surface area contributed by atoms with E-state index in [2.05, 4.69) is 47.8 Å². The van der Waals surface area contributed by atoms with E-state index in [0.717, 1.165) is 17.3 Å². The number of amides is 2. The van der Waals surface area contributed by atoms with Crippen molar-refractivity contribution in [2.24, 2.45) is 0 Å². The molecule has 12 heteroatoms. The Bertz CT molecular complexity index is 1300. The van der Waals surface area contributed by atoms with E-state index >= 15 is 0 Å². The fraction of sp³-hybridized carbons (Fsp3) is 0.567. The average molecular weight is 628 g/mol. The molecule has 1 aromatic carbocycles. The highest BCUT2D eigenvalue weighted by Gasteiger charge is 2.40. The minimum Gasteiger partial charge on any atom is -0.338 e. The van der Waals surface area contributed by atoms with Crippen LogP contribution in [0.4, 0.5) is 14.5 Å². The lowest BCUT2D eigenvalue weighted by Gasteiger charge is -2.44. The van der Waals surface area contributed by atoms with Crippen LogP contribution in [0.1, 0.15) is 44.5 Å². The molecule has 2 amide bonds. The molecule has 8 nitrogen and oxygen atoms in total. The molecule has 0 aliphatic carbocycles. The number of hydrogen-bond acceptors (Lipinski definition) is 6. The summed E-state index contributed by atoms with van der Waals surface area (Å²) in [7, 11) is 1.97. The number of pyridine rings is 1. The molecule has 2 saturated heterocycles. The Labute approximate surface area is 259 Å². The lowest BCUT2D eigenvalue weighted by Crippen LogP contribution is -2.63. The number of piperazine rings is 2. The van der Waals surface area contributed by atoms with Crippen LogP contribution in [-0.2, 0) is 21.4 Å². The van der Waals surface area contributed by atoms with Crippen LogP contribution >= 0.6 is 24.8 Å². The molecule has 2 aromatic rings. The van der Waals surface area contributed by atoms with Gasteiger partial charge in [0.1, 0.15) is 11.6 Å². The first-order valence-corrected chi connectivity index (χ1v) is 14.1. The summed E-state index contributed by atoms with van der Waals surface area (Å²) in [6.07, 6.45) is 1.99. The maximum atomic E-state index is 14.3. The van der Waals surface area contributed by atoms with E-state index in [4.69, 9.17) is 0 Å². The van der Waals surface area contributed by atoms with Crippen LogP contribution in [0.3, 0.4) is 0 Å². The highest BCUT2D eigenvalue weighted by atomic mass is 35.5. The minimum absolute atomic E-state index is 0. The molecule has 3 atom stereocenters. The molecule has 0 saturated carbocycles. The number of likely N-dealkylation sites (N-methyl/N-ethyl adjacent to an activating group) is 1.